The number of carbonyl (C=O) groups is 1. The molecule has 0 bridgehead atoms. The van der Waals surface area contributed by atoms with Crippen molar-refractivity contribution in [3.05, 3.63) is 88.0 Å². The predicted molar refractivity (Wildman–Crippen MR) is 122 cm³/mol. The Labute approximate surface area is 194 Å². The second-order valence-electron chi connectivity index (χ2n) is 6.60. The number of amides is 1. The standard InChI is InChI=1S/C22H19N3O8S/c1-31-17-10-8-16(9-11-17)22(26)24-23-14-15-7-12-19(32-2)20(13-15)33-34(29,30)21-6-4-3-5-18(21)25(27)28/h3-14H,1-2H3,(H,24,26). The number of hydrazone groups is 1. The minimum atomic E-state index is -4.56. The van der Waals surface area contributed by atoms with Crippen molar-refractivity contribution in [3.63, 3.8) is 0 Å². The van der Waals surface area contributed by atoms with Crippen LogP contribution in [-0.2, 0) is 10.1 Å². The van der Waals surface area contributed by atoms with Crippen molar-refractivity contribution in [1.82, 2.24) is 5.43 Å². The first-order valence-corrected chi connectivity index (χ1v) is 11.0. The van der Waals surface area contributed by atoms with Crippen LogP contribution in [0.25, 0.3) is 0 Å². The molecule has 0 saturated carbocycles. The summed E-state index contributed by atoms with van der Waals surface area (Å²) in [5.41, 5.74) is 2.45. The number of methoxy groups -OCH3 is 2. The minimum absolute atomic E-state index is 0.0709. The third-order valence-electron chi connectivity index (χ3n) is 4.45. The van der Waals surface area contributed by atoms with E-state index in [0.717, 1.165) is 12.1 Å². The summed E-state index contributed by atoms with van der Waals surface area (Å²) in [6.45, 7) is 0. The first-order valence-electron chi connectivity index (χ1n) is 9.58. The number of nitrogens with zero attached hydrogens (tertiary/aromatic N) is 2. The van der Waals surface area contributed by atoms with Gasteiger partial charge in [0.25, 0.3) is 11.6 Å². The number of nitro benzene ring substituents is 1. The van der Waals surface area contributed by atoms with Crippen molar-refractivity contribution in [2.45, 2.75) is 4.90 Å². The molecule has 0 aliphatic heterocycles. The van der Waals surface area contributed by atoms with Crippen LogP contribution in [0.15, 0.2) is 76.7 Å². The van der Waals surface area contributed by atoms with Crippen molar-refractivity contribution in [2.75, 3.05) is 14.2 Å². The van der Waals surface area contributed by atoms with E-state index in [1.54, 1.807) is 30.3 Å². The normalized spacial score (nSPS) is 11.1. The molecular formula is C22H19N3O8S. The Morgan fingerprint density at radius 2 is 1.71 bits per heavy atom. The molecule has 0 unspecified atom stereocenters. The molecule has 1 amide bonds. The molecule has 3 aromatic rings. The number of hydrogen-bond donors (Lipinski definition) is 1. The summed E-state index contributed by atoms with van der Waals surface area (Å²) < 4.78 is 40.8. The second kappa shape index (κ2) is 10.4. The maximum absolute atomic E-state index is 12.7. The Kier molecular flexibility index (Phi) is 7.43. The fourth-order valence-electron chi connectivity index (χ4n) is 2.79. The Morgan fingerprint density at radius 1 is 1.00 bits per heavy atom. The van der Waals surface area contributed by atoms with Crippen LogP contribution in [0.5, 0.6) is 17.2 Å². The summed E-state index contributed by atoms with van der Waals surface area (Å²) in [5.74, 6) is -0.0166. The molecular weight excluding hydrogens is 466 g/mol. The average molecular weight is 485 g/mol. The molecule has 3 aromatic carbocycles. The van der Waals surface area contributed by atoms with Crippen LogP contribution >= 0.6 is 0 Å². The fraction of sp³-hybridized carbons (Fsp3) is 0.0909. The SMILES string of the molecule is COc1ccc(C(=O)NN=Cc2ccc(OC)c(OS(=O)(=O)c3ccccc3[N+](=O)[O-])c2)cc1. The number of benzene rings is 3. The zero-order valence-corrected chi connectivity index (χ0v) is 18.8. The van der Waals surface area contributed by atoms with Crippen LogP contribution in [0, 0.1) is 10.1 Å². The first-order chi connectivity index (χ1) is 16.2. The van der Waals surface area contributed by atoms with E-state index in [1.807, 2.05) is 0 Å². The molecule has 0 aromatic heterocycles. The highest BCUT2D eigenvalue weighted by Crippen LogP contribution is 2.32. The molecule has 0 aliphatic carbocycles. The molecule has 0 spiro atoms. The van der Waals surface area contributed by atoms with E-state index in [2.05, 4.69) is 10.5 Å². The molecule has 0 heterocycles. The van der Waals surface area contributed by atoms with Crippen molar-refractivity contribution >= 4 is 27.9 Å². The van der Waals surface area contributed by atoms with Gasteiger partial charge in [-0.1, -0.05) is 12.1 Å². The van der Waals surface area contributed by atoms with E-state index in [9.17, 15) is 23.3 Å². The Hall–Kier alpha value is -4.45. The summed E-state index contributed by atoms with van der Waals surface area (Å²) >= 11 is 0. The number of ether oxygens (including phenoxy) is 2. The highest BCUT2D eigenvalue weighted by Gasteiger charge is 2.28. The molecule has 34 heavy (non-hydrogen) atoms. The summed E-state index contributed by atoms with van der Waals surface area (Å²) in [6, 6.07) is 15.5. The van der Waals surface area contributed by atoms with Gasteiger partial charge in [-0.25, -0.2) is 5.43 Å². The highest BCUT2D eigenvalue weighted by atomic mass is 32.2. The number of hydrogen-bond acceptors (Lipinski definition) is 9. The van der Waals surface area contributed by atoms with Gasteiger partial charge in [0.15, 0.2) is 16.4 Å². The molecule has 0 fully saturated rings. The predicted octanol–water partition coefficient (Wildman–Crippen LogP) is 3.14. The largest absolute Gasteiger partial charge is 0.497 e. The van der Waals surface area contributed by atoms with E-state index >= 15 is 0 Å². The van der Waals surface area contributed by atoms with Crippen LogP contribution in [0.2, 0.25) is 0 Å². The van der Waals surface area contributed by atoms with Gasteiger partial charge in [0.1, 0.15) is 5.75 Å². The smallest absolute Gasteiger partial charge is 0.346 e. The lowest BCUT2D eigenvalue weighted by Gasteiger charge is -2.11. The molecule has 0 radical (unpaired) electrons. The maximum Gasteiger partial charge on any atom is 0.346 e. The van der Waals surface area contributed by atoms with Crippen LogP contribution in [-0.4, -0.2) is 39.7 Å². The van der Waals surface area contributed by atoms with Crippen LogP contribution in [0.1, 0.15) is 15.9 Å². The lowest BCUT2D eigenvalue weighted by molar-refractivity contribution is -0.387. The second-order valence-corrected chi connectivity index (χ2v) is 8.11. The Morgan fingerprint density at radius 3 is 2.35 bits per heavy atom. The monoisotopic (exact) mass is 485 g/mol. The van der Waals surface area contributed by atoms with Crippen LogP contribution in [0.3, 0.4) is 0 Å². The Balaban J connectivity index is 1.80. The summed E-state index contributed by atoms with van der Waals surface area (Å²) in [6.07, 6.45) is 1.27. The van der Waals surface area contributed by atoms with Gasteiger partial charge in [-0.3, -0.25) is 14.9 Å². The molecule has 0 aliphatic rings. The van der Waals surface area contributed by atoms with E-state index in [4.69, 9.17) is 13.7 Å². The lowest BCUT2D eigenvalue weighted by atomic mass is 10.2. The number of para-hydroxylation sites is 1. The molecule has 1 N–H and O–H groups in total. The number of carbonyl (C=O) groups excluding carboxylic acids is 1. The van der Waals surface area contributed by atoms with Gasteiger partial charge in [0, 0.05) is 11.6 Å². The van der Waals surface area contributed by atoms with E-state index in [-0.39, 0.29) is 11.5 Å². The number of rotatable bonds is 9. The van der Waals surface area contributed by atoms with Gasteiger partial charge >= 0.3 is 10.1 Å². The molecule has 0 saturated heterocycles. The van der Waals surface area contributed by atoms with Gasteiger partial charge in [-0.2, -0.15) is 13.5 Å². The van der Waals surface area contributed by atoms with Crippen molar-refractivity contribution < 1.29 is 31.8 Å². The zero-order chi connectivity index (χ0) is 24.7. The molecule has 12 heteroatoms. The average Bonchev–Trinajstić information content (AvgIpc) is 2.84. The quantitative estimate of drug-likeness (QED) is 0.210. The highest BCUT2D eigenvalue weighted by molar-refractivity contribution is 7.87. The molecule has 11 nitrogen and oxygen atoms in total. The summed E-state index contributed by atoms with van der Waals surface area (Å²) in [4.78, 5) is 22.0. The third-order valence-corrected chi connectivity index (χ3v) is 5.73. The van der Waals surface area contributed by atoms with Crippen molar-refractivity contribution in [3.8, 4) is 17.2 Å². The van der Waals surface area contributed by atoms with Crippen LogP contribution < -0.4 is 19.1 Å². The van der Waals surface area contributed by atoms with E-state index in [0.29, 0.717) is 16.9 Å². The van der Waals surface area contributed by atoms with E-state index < -0.39 is 31.5 Å². The summed E-state index contributed by atoms with van der Waals surface area (Å²) in [5, 5.41) is 15.1. The van der Waals surface area contributed by atoms with Gasteiger partial charge in [-0.15, -0.1) is 0 Å². The topological polar surface area (TPSA) is 146 Å². The Bertz CT molecular complexity index is 1340. The van der Waals surface area contributed by atoms with Gasteiger partial charge in [0.05, 0.1) is 25.4 Å². The molecule has 3 rings (SSSR count). The third kappa shape index (κ3) is 5.66. The van der Waals surface area contributed by atoms with Gasteiger partial charge < -0.3 is 13.7 Å². The zero-order valence-electron chi connectivity index (χ0n) is 18.0. The minimum Gasteiger partial charge on any atom is -0.497 e. The van der Waals surface area contributed by atoms with Gasteiger partial charge in [-0.05, 0) is 54.1 Å². The van der Waals surface area contributed by atoms with Crippen molar-refractivity contribution in [2.24, 2.45) is 5.10 Å². The summed E-state index contributed by atoms with van der Waals surface area (Å²) in [7, 11) is -1.74. The number of nitrogens with one attached hydrogen (secondary N) is 1. The number of nitro groups is 1. The molecule has 0 atom stereocenters. The lowest BCUT2D eigenvalue weighted by Crippen LogP contribution is -2.17. The van der Waals surface area contributed by atoms with E-state index in [1.165, 1.54) is 44.7 Å². The van der Waals surface area contributed by atoms with Crippen molar-refractivity contribution in [1.29, 1.82) is 0 Å². The maximum atomic E-state index is 12.7. The van der Waals surface area contributed by atoms with Crippen LogP contribution in [0.4, 0.5) is 5.69 Å². The first kappa shape index (κ1) is 24.2. The van der Waals surface area contributed by atoms with Gasteiger partial charge in [0.2, 0.25) is 0 Å². The fourth-order valence-corrected chi connectivity index (χ4v) is 3.89. The molecule has 176 valence electrons.